The van der Waals surface area contributed by atoms with Crippen LogP contribution in [0.15, 0.2) is 48.5 Å². The normalized spacial score (nSPS) is 12.5. The predicted molar refractivity (Wildman–Crippen MR) is 85.5 cm³/mol. The van der Waals surface area contributed by atoms with Gasteiger partial charge in [0.25, 0.3) is 5.91 Å². The highest BCUT2D eigenvalue weighted by Crippen LogP contribution is 2.31. The third-order valence-corrected chi connectivity index (χ3v) is 3.69. The Balaban J connectivity index is 2.21. The standard InChI is InChI=1S/C17H13ClF3NO3/c18-11-7-5-10(6-8-11)9-14(16(24)25)22-15(23)12-3-1-2-4-13(12)17(19,20)21/h1-8,14H,9H2,(H,22,23)(H,24,25)/t14-/m1/s1. The smallest absolute Gasteiger partial charge is 0.417 e. The van der Waals surface area contributed by atoms with E-state index in [0.717, 1.165) is 18.2 Å². The first-order chi connectivity index (χ1) is 11.7. The van der Waals surface area contributed by atoms with Gasteiger partial charge in [-0.3, -0.25) is 4.79 Å². The van der Waals surface area contributed by atoms with Crippen molar-refractivity contribution < 1.29 is 27.9 Å². The molecule has 0 heterocycles. The van der Waals surface area contributed by atoms with E-state index in [-0.39, 0.29) is 6.42 Å². The Hall–Kier alpha value is -2.54. The predicted octanol–water partition coefficient (Wildman–Crippen LogP) is 3.78. The third kappa shape index (κ3) is 4.96. The number of rotatable bonds is 5. The molecular formula is C17H13ClF3NO3. The van der Waals surface area contributed by atoms with Gasteiger partial charge in [-0.2, -0.15) is 13.2 Å². The number of hydrogen-bond donors (Lipinski definition) is 2. The summed E-state index contributed by atoms with van der Waals surface area (Å²) in [7, 11) is 0. The number of benzene rings is 2. The number of aliphatic carboxylic acids is 1. The number of halogens is 4. The maximum atomic E-state index is 13.0. The van der Waals surface area contributed by atoms with Crippen molar-refractivity contribution in [3.05, 3.63) is 70.2 Å². The zero-order valence-electron chi connectivity index (χ0n) is 12.7. The van der Waals surface area contributed by atoms with Gasteiger partial charge in [0.05, 0.1) is 11.1 Å². The molecule has 8 heteroatoms. The molecule has 0 saturated carbocycles. The maximum Gasteiger partial charge on any atom is 0.417 e. The van der Waals surface area contributed by atoms with E-state index in [4.69, 9.17) is 11.6 Å². The third-order valence-electron chi connectivity index (χ3n) is 3.43. The maximum absolute atomic E-state index is 13.0. The van der Waals surface area contributed by atoms with Crippen LogP contribution in [0.1, 0.15) is 21.5 Å². The van der Waals surface area contributed by atoms with Crippen LogP contribution in [-0.2, 0) is 17.4 Å². The largest absolute Gasteiger partial charge is 0.480 e. The summed E-state index contributed by atoms with van der Waals surface area (Å²) in [6, 6.07) is 9.08. The van der Waals surface area contributed by atoms with Gasteiger partial charge in [0, 0.05) is 11.4 Å². The Bertz CT molecular complexity index is 775. The van der Waals surface area contributed by atoms with Crippen LogP contribution in [0.2, 0.25) is 5.02 Å². The SMILES string of the molecule is O=C(N[C@H](Cc1ccc(Cl)cc1)C(=O)O)c1ccccc1C(F)(F)F. The summed E-state index contributed by atoms with van der Waals surface area (Å²) in [6.45, 7) is 0. The number of amides is 1. The average molecular weight is 372 g/mol. The lowest BCUT2D eigenvalue weighted by Crippen LogP contribution is -2.42. The quantitative estimate of drug-likeness (QED) is 0.840. The molecule has 0 aliphatic carbocycles. The number of alkyl halides is 3. The molecule has 0 aromatic heterocycles. The van der Waals surface area contributed by atoms with Crippen LogP contribution in [0.25, 0.3) is 0 Å². The number of carboxylic acid groups (broad SMARTS) is 1. The molecular weight excluding hydrogens is 359 g/mol. The summed E-state index contributed by atoms with van der Waals surface area (Å²) in [5, 5.41) is 11.8. The second-order valence-electron chi connectivity index (χ2n) is 5.24. The highest BCUT2D eigenvalue weighted by Gasteiger charge is 2.35. The number of carbonyl (C=O) groups is 2. The van der Waals surface area contributed by atoms with Crippen molar-refractivity contribution in [3.8, 4) is 0 Å². The number of hydrogen-bond acceptors (Lipinski definition) is 2. The monoisotopic (exact) mass is 371 g/mol. The molecule has 0 aliphatic heterocycles. The fourth-order valence-corrected chi connectivity index (χ4v) is 2.35. The second kappa shape index (κ2) is 7.57. The molecule has 2 rings (SSSR count). The molecule has 0 unspecified atom stereocenters. The van der Waals surface area contributed by atoms with Crippen molar-refractivity contribution in [2.24, 2.45) is 0 Å². The molecule has 2 aromatic rings. The molecule has 25 heavy (non-hydrogen) atoms. The summed E-state index contributed by atoms with van der Waals surface area (Å²) >= 11 is 5.74. The molecule has 0 saturated heterocycles. The highest BCUT2D eigenvalue weighted by atomic mass is 35.5. The molecule has 1 amide bonds. The minimum Gasteiger partial charge on any atom is -0.480 e. The van der Waals surface area contributed by atoms with E-state index in [9.17, 15) is 27.9 Å². The van der Waals surface area contributed by atoms with Crippen LogP contribution in [-0.4, -0.2) is 23.0 Å². The van der Waals surface area contributed by atoms with Crippen molar-refractivity contribution in [3.63, 3.8) is 0 Å². The van der Waals surface area contributed by atoms with Crippen LogP contribution < -0.4 is 5.32 Å². The van der Waals surface area contributed by atoms with Gasteiger partial charge in [-0.05, 0) is 29.8 Å². The number of carbonyl (C=O) groups excluding carboxylic acids is 1. The molecule has 0 radical (unpaired) electrons. The van der Waals surface area contributed by atoms with Gasteiger partial charge in [-0.15, -0.1) is 0 Å². The van der Waals surface area contributed by atoms with Gasteiger partial charge in [0.2, 0.25) is 0 Å². The Kier molecular flexibility index (Phi) is 5.69. The zero-order valence-corrected chi connectivity index (χ0v) is 13.4. The van der Waals surface area contributed by atoms with Gasteiger partial charge in [-0.25, -0.2) is 4.79 Å². The molecule has 0 spiro atoms. The van der Waals surface area contributed by atoms with Gasteiger partial charge in [-0.1, -0.05) is 35.9 Å². The fourth-order valence-electron chi connectivity index (χ4n) is 2.22. The fraction of sp³-hybridized carbons (Fsp3) is 0.176. The number of nitrogens with one attached hydrogen (secondary N) is 1. The van der Waals surface area contributed by atoms with E-state index in [1.807, 2.05) is 0 Å². The molecule has 1 atom stereocenters. The van der Waals surface area contributed by atoms with E-state index >= 15 is 0 Å². The van der Waals surface area contributed by atoms with Gasteiger partial charge < -0.3 is 10.4 Å². The first-order valence-electron chi connectivity index (χ1n) is 7.13. The first kappa shape index (κ1) is 18.8. The van der Waals surface area contributed by atoms with Crippen molar-refractivity contribution in [2.45, 2.75) is 18.6 Å². The van der Waals surface area contributed by atoms with E-state index < -0.39 is 35.2 Å². The lowest BCUT2D eigenvalue weighted by molar-refractivity contribution is -0.139. The van der Waals surface area contributed by atoms with Crippen LogP contribution in [0, 0.1) is 0 Å². The molecule has 0 aliphatic rings. The van der Waals surface area contributed by atoms with E-state index in [0.29, 0.717) is 10.6 Å². The summed E-state index contributed by atoms with van der Waals surface area (Å²) in [5.74, 6) is -2.46. The molecule has 4 nitrogen and oxygen atoms in total. The van der Waals surface area contributed by atoms with Crippen LogP contribution in [0.3, 0.4) is 0 Å². The lowest BCUT2D eigenvalue weighted by Gasteiger charge is -2.17. The Labute approximate surface area is 146 Å². The zero-order chi connectivity index (χ0) is 18.6. The minimum absolute atomic E-state index is 0.0908. The van der Waals surface area contributed by atoms with Crippen LogP contribution in [0.4, 0.5) is 13.2 Å². The van der Waals surface area contributed by atoms with Crippen molar-refractivity contribution >= 4 is 23.5 Å². The van der Waals surface area contributed by atoms with E-state index in [1.54, 1.807) is 24.3 Å². The Morgan fingerprint density at radius 2 is 1.68 bits per heavy atom. The summed E-state index contributed by atoms with van der Waals surface area (Å²) in [5.41, 5.74) is -1.18. The second-order valence-corrected chi connectivity index (χ2v) is 5.67. The molecule has 2 aromatic carbocycles. The minimum atomic E-state index is -4.72. The summed E-state index contributed by atoms with van der Waals surface area (Å²) in [6.07, 6.45) is -4.81. The Morgan fingerprint density at radius 3 is 2.24 bits per heavy atom. The van der Waals surface area contributed by atoms with Crippen molar-refractivity contribution in [1.82, 2.24) is 5.32 Å². The van der Waals surface area contributed by atoms with E-state index in [1.165, 1.54) is 6.07 Å². The highest BCUT2D eigenvalue weighted by molar-refractivity contribution is 6.30. The number of carboxylic acids is 1. The van der Waals surface area contributed by atoms with Gasteiger partial charge >= 0.3 is 12.1 Å². The molecule has 2 N–H and O–H groups in total. The molecule has 132 valence electrons. The molecule has 0 fully saturated rings. The molecule has 0 bridgehead atoms. The topological polar surface area (TPSA) is 66.4 Å². The lowest BCUT2D eigenvalue weighted by atomic mass is 10.0. The van der Waals surface area contributed by atoms with E-state index in [2.05, 4.69) is 5.32 Å². The van der Waals surface area contributed by atoms with Crippen LogP contribution >= 0.6 is 11.6 Å². The van der Waals surface area contributed by atoms with Crippen molar-refractivity contribution in [2.75, 3.05) is 0 Å². The summed E-state index contributed by atoms with van der Waals surface area (Å²) in [4.78, 5) is 23.5. The average Bonchev–Trinajstić information content (AvgIpc) is 2.55. The van der Waals surface area contributed by atoms with Gasteiger partial charge in [0.1, 0.15) is 6.04 Å². The van der Waals surface area contributed by atoms with Crippen LogP contribution in [0.5, 0.6) is 0 Å². The first-order valence-corrected chi connectivity index (χ1v) is 7.50. The summed E-state index contributed by atoms with van der Waals surface area (Å²) < 4.78 is 38.9. The van der Waals surface area contributed by atoms with Crippen molar-refractivity contribution in [1.29, 1.82) is 0 Å². The van der Waals surface area contributed by atoms with Gasteiger partial charge in [0.15, 0.2) is 0 Å². The Morgan fingerprint density at radius 1 is 1.08 bits per heavy atom.